The summed E-state index contributed by atoms with van der Waals surface area (Å²) in [5.41, 5.74) is 2.88. The molecule has 0 atom stereocenters. The number of hydrogen-bond acceptors (Lipinski definition) is 0. The van der Waals surface area contributed by atoms with Crippen LogP contribution in [0, 0.1) is 13.8 Å². The number of rotatable bonds is 3. The lowest BCUT2D eigenvalue weighted by molar-refractivity contribution is 0.720. The maximum atomic E-state index is 2.44. The lowest BCUT2D eigenvalue weighted by Crippen LogP contribution is -2.29. The predicted molar refractivity (Wildman–Crippen MR) is 115 cm³/mol. The van der Waals surface area contributed by atoms with Crippen molar-refractivity contribution in [3.8, 4) is 0 Å². The molecule has 0 aromatic heterocycles. The SMILES string of the molecule is Cc1ccccc1P(c1ccccc1C)P(C(C)(C)C)C(C)(C)C. The van der Waals surface area contributed by atoms with Gasteiger partial charge in [0.15, 0.2) is 0 Å². The zero-order valence-corrected chi connectivity index (χ0v) is 18.3. The lowest BCUT2D eigenvalue weighted by atomic mass is 10.2. The lowest BCUT2D eigenvalue weighted by Gasteiger charge is -2.47. The van der Waals surface area contributed by atoms with E-state index in [9.17, 15) is 0 Å². The minimum Gasteiger partial charge on any atom is -0.0620 e. The van der Waals surface area contributed by atoms with Crippen LogP contribution in [0.4, 0.5) is 0 Å². The van der Waals surface area contributed by atoms with Crippen molar-refractivity contribution in [3.63, 3.8) is 0 Å². The van der Waals surface area contributed by atoms with Crippen LogP contribution in [0.1, 0.15) is 52.7 Å². The van der Waals surface area contributed by atoms with Crippen LogP contribution in [0.15, 0.2) is 48.5 Å². The van der Waals surface area contributed by atoms with Crippen molar-refractivity contribution in [1.29, 1.82) is 0 Å². The van der Waals surface area contributed by atoms with E-state index in [1.54, 1.807) is 10.6 Å². The Labute approximate surface area is 151 Å². The van der Waals surface area contributed by atoms with Crippen LogP contribution in [-0.4, -0.2) is 10.3 Å². The summed E-state index contributed by atoms with van der Waals surface area (Å²) in [5, 5.41) is 3.75. The standard InChI is InChI=1S/C22H32P2/c1-17-13-9-11-15-19(17)23(20-16-12-10-14-18(20)2)24(21(3,4)5)22(6,7)8/h9-16H,1-8H3. The molecule has 0 saturated carbocycles. The van der Waals surface area contributed by atoms with Gasteiger partial charge < -0.3 is 0 Å². The van der Waals surface area contributed by atoms with E-state index in [-0.39, 0.29) is 15.2 Å². The summed E-state index contributed by atoms with van der Waals surface area (Å²) in [4.78, 5) is 0. The van der Waals surface area contributed by atoms with Crippen LogP contribution in [0.25, 0.3) is 0 Å². The zero-order valence-electron chi connectivity index (χ0n) is 16.5. The van der Waals surface area contributed by atoms with Crippen LogP contribution >= 0.6 is 15.2 Å². The molecule has 0 radical (unpaired) electrons. The third kappa shape index (κ3) is 4.28. The summed E-state index contributed by atoms with van der Waals surface area (Å²) in [6.07, 6.45) is 0. The summed E-state index contributed by atoms with van der Waals surface area (Å²) in [5.74, 6) is 0. The van der Waals surface area contributed by atoms with Crippen LogP contribution in [0.3, 0.4) is 0 Å². The average molecular weight is 358 g/mol. The van der Waals surface area contributed by atoms with E-state index in [2.05, 4.69) is 104 Å². The van der Waals surface area contributed by atoms with Gasteiger partial charge in [0.1, 0.15) is 0 Å². The molecule has 2 aromatic carbocycles. The van der Waals surface area contributed by atoms with Gasteiger partial charge in [-0.1, -0.05) is 97.7 Å². The van der Waals surface area contributed by atoms with Crippen LogP contribution < -0.4 is 10.6 Å². The highest BCUT2D eigenvalue weighted by molar-refractivity contribution is 8.37. The first-order chi connectivity index (χ1) is 11.0. The molecule has 0 aliphatic carbocycles. The molecular formula is C22H32P2. The van der Waals surface area contributed by atoms with E-state index < -0.39 is 0 Å². The van der Waals surface area contributed by atoms with Crippen LogP contribution in [-0.2, 0) is 0 Å². The molecule has 0 fully saturated rings. The Balaban J connectivity index is 2.76. The Hall–Kier alpha value is -0.700. The molecule has 0 amide bonds. The second kappa shape index (κ2) is 7.27. The Morgan fingerprint density at radius 3 is 1.21 bits per heavy atom. The molecule has 0 N–H and O–H groups in total. The van der Waals surface area contributed by atoms with E-state index >= 15 is 0 Å². The summed E-state index contributed by atoms with van der Waals surface area (Å²) in [7, 11) is -0.594. The Morgan fingerprint density at radius 1 is 0.583 bits per heavy atom. The second-order valence-corrected chi connectivity index (χ2v) is 15.8. The molecule has 0 unspecified atom stereocenters. The first kappa shape index (κ1) is 19.6. The molecule has 0 spiro atoms. The third-order valence-corrected chi connectivity index (χ3v) is 15.1. The molecule has 0 nitrogen and oxygen atoms in total. The van der Waals surface area contributed by atoms with E-state index in [1.807, 2.05) is 0 Å². The first-order valence-corrected chi connectivity index (χ1v) is 12.1. The zero-order chi connectivity index (χ0) is 18.1. The fourth-order valence-corrected chi connectivity index (χ4v) is 15.0. The van der Waals surface area contributed by atoms with Crippen molar-refractivity contribution >= 4 is 25.8 Å². The number of aryl methyl sites for hydroxylation is 2. The van der Waals surface area contributed by atoms with Gasteiger partial charge in [-0.2, -0.15) is 0 Å². The Bertz CT molecular complexity index is 630. The molecule has 2 rings (SSSR count). The van der Waals surface area contributed by atoms with Crippen LogP contribution in [0.2, 0.25) is 0 Å². The maximum absolute atomic E-state index is 2.44. The summed E-state index contributed by atoms with van der Waals surface area (Å²) in [6.45, 7) is 19.2. The smallest absolute Gasteiger partial charge is 0.0123 e. The van der Waals surface area contributed by atoms with E-state index in [4.69, 9.17) is 0 Å². The Morgan fingerprint density at radius 2 is 0.917 bits per heavy atom. The fourth-order valence-electron chi connectivity index (χ4n) is 3.55. The van der Waals surface area contributed by atoms with Gasteiger partial charge in [-0.05, 0) is 53.5 Å². The van der Waals surface area contributed by atoms with Gasteiger partial charge in [0.25, 0.3) is 0 Å². The highest BCUT2D eigenvalue weighted by Gasteiger charge is 2.42. The molecule has 0 saturated heterocycles. The van der Waals surface area contributed by atoms with Crippen molar-refractivity contribution in [3.05, 3.63) is 59.7 Å². The molecule has 0 aliphatic heterocycles. The largest absolute Gasteiger partial charge is 0.0620 e. The highest BCUT2D eigenvalue weighted by Crippen LogP contribution is 2.79. The summed E-state index contributed by atoms with van der Waals surface area (Å²) >= 11 is 0. The molecule has 2 aromatic rings. The van der Waals surface area contributed by atoms with Crippen molar-refractivity contribution in [2.24, 2.45) is 0 Å². The molecule has 0 heterocycles. The van der Waals surface area contributed by atoms with E-state index in [1.165, 1.54) is 11.1 Å². The van der Waals surface area contributed by atoms with Gasteiger partial charge in [0.05, 0.1) is 0 Å². The normalized spacial score (nSPS) is 12.9. The highest BCUT2D eigenvalue weighted by atomic mass is 32.1. The Kier molecular flexibility index (Phi) is 5.95. The maximum Gasteiger partial charge on any atom is -0.0123 e. The monoisotopic (exact) mass is 358 g/mol. The quantitative estimate of drug-likeness (QED) is 0.534. The molecule has 2 heteroatoms. The van der Waals surface area contributed by atoms with E-state index in [0.29, 0.717) is 10.3 Å². The van der Waals surface area contributed by atoms with Crippen molar-refractivity contribution < 1.29 is 0 Å². The summed E-state index contributed by atoms with van der Waals surface area (Å²) < 4.78 is 0. The first-order valence-electron chi connectivity index (χ1n) is 8.75. The number of hydrogen-bond donors (Lipinski definition) is 0. The molecule has 0 bridgehead atoms. The van der Waals surface area contributed by atoms with Gasteiger partial charge >= 0.3 is 0 Å². The molecule has 0 aliphatic rings. The number of benzene rings is 2. The predicted octanol–water partition coefficient (Wildman–Crippen LogP) is 6.73. The van der Waals surface area contributed by atoms with Crippen molar-refractivity contribution in [2.75, 3.05) is 0 Å². The second-order valence-electron chi connectivity index (χ2n) is 8.54. The van der Waals surface area contributed by atoms with E-state index in [0.717, 1.165) is 0 Å². The molecular weight excluding hydrogens is 326 g/mol. The van der Waals surface area contributed by atoms with Gasteiger partial charge in [-0.3, -0.25) is 0 Å². The third-order valence-electron chi connectivity index (χ3n) is 4.16. The summed E-state index contributed by atoms with van der Waals surface area (Å²) in [6, 6.07) is 18.1. The average Bonchev–Trinajstić information content (AvgIpc) is 2.43. The van der Waals surface area contributed by atoms with Gasteiger partial charge in [0.2, 0.25) is 0 Å². The van der Waals surface area contributed by atoms with Gasteiger partial charge in [-0.25, -0.2) is 0 Å². The van der Waals surface area contributed by atoms with Crippen molar-refractivity contribution in [1.82, 2.24) is 0 Å². The fraction of sp³-hybridized carbons (Fsp3) is 0.455. The van der Waals surface area contributed by atoms with Gasteiger partial charge in [-0.15, -0.1) is 0 Å². The molecule has 130 valence electrons. The molecule has 24 heavy (non-hydrogen) atoms. The van der Waals surface area contributed by atoms with Crippen molar-refractivity contribution in [2.45, 2.75) is 65.7 Å². The minimum atomic E-state index is -0.367. The van der Waals surface area contributed by atoms with Gasteiger partial charge in [0, 0.05) is 0 Å². The minimum absolute atomic E-state index is 0.226. The topological polar surface area (TPSA) is 0 Å². The van der Waals surface area contributed by atoms with Crippen LogP contribution in [0.5, 0.6) is 0 Å².